The number of rotatable bonds is 7. The minimum atomic E-state index is -0.0654. The lowest BCUT2D eigenvalue weighted by Gasteiger charge is -2.31. The monoisotopic (exact) mass is 365 g/mol. The number of nitrogens with zero attached hydrogens (tertiary/aromatic N) is 3. The molecule has 0 saturated carbocycles. The molecule has 0 spiro atoms. The summed E-state index contributed by atoms with van der Waals surface area (Å²) in [6.07, 6.45) is 2.82. The van der Waals surface area contributed by atoms with Gasteiger partial charge in [0.1, 0.15) is 5.78 Å². The van der Waals surface area contributed by atoms with E-state index in [2.05, 4.69) is 14.9 Å². The number of hydrogen-bond donors (Lipinski definition) is 0. The molecule has 2 heterocycles. The van der Waals surface area contributed by atoms with E-state index in [1.54, 1.807) is 21.3 Å². The van der Waals surface area contributed by atoms with Gasteiger partial charge in [0.2, 0.25) is 17.7 Å². The van der Waals surface area contributed by atoms with Gasteiger partial charge in [-0.1, -0.05) is 20.8 Å². The maximum atomic E-state index is 12.4. The number of methoxy groups -OCH3 is 3. The van der Waals surface area contributed by atoms with Gasteiger partial charge in [-0.3, -0.25) is 4.79 Å². The summed E-state index contributed by atoms with van der Waals surface area (Å²) in [4.78, 5) is 23.6. The fraction of sp³-hybridized carbons (Fsp3) is 0.737. The van der Waals surface area contributed by atoms with Crippen LogP contribution in [0.1, 0.15) is 45.6 Å². The molecule has 1 saturated heterocycles. The quantitative estimate of drug-likeness (QED) is 0.735. The number of Topliss-reactive ketones (excluding diaryl/α,β-unsaturated/α-hetero) is 1. The molecule has 1 fully saturated rings. The topological polar surface area (TPSA) is 73.8 Å². The number of carbonyl (C=O) groups is 1. The summed E-state index contributed by atoms with van der Waals surface area (Å²) < 4.78 is 16.3. The Morgan fingerprint density at radius 2 is 1.62 bits per heavy atom. The molecule has 0 atom stereocenters. The van der Waals surface area contributed by atoms with Gasteiger partial charge in [-0.15, -0.1) is 0 Å². The summed E-state index contributed by atoms with van der Waals surface area (Å²) in [5, 5.41) is 0. The number of ether oxygens (including phenoxy) is 3. The van der Waals surface area contributed by atoms with Gasteiger partial charge in [0.25, 0.3) is 0 Å². The SMILES string of the molecule is COc1nc(N2CCC(OC)CC2)nc(OC)c1CC(=O)CC(C)(C)C. The molecule has 7 heteroatoms. The number of aromatic nitrogens is 2. The molecule has 0 bridgehead atoms. The maximum absolute atomic E-state index is 12.4. The normalized spacial score (nSPS) is 15.8. The van der Waals surface area contributed by atoms with Crippen LogP contribution in [0.5, 0.6) is 11.8 Å². The lowest BCUT2D eigenvalue weighted by atomic mass is 9.88. The molecule has 0 N–H and O–H groups in total. The highest BCUT2D eigenvalue weighted by molar-refractivity contribution is 5.82. The van der Waals surface area contributed by atoms with Crippen LogP contribution in [0, 0.1) is 5.41 Å². The molecule has 1 aliphatic rings. The molecule has 2 rings (SSSR count). The second-order valence-corrected chi connectivity index (χ2v) is 7.90. The maximum Gasteiger partial charge on any atom is 0.231 e. The molecule has 0 amide bonds. The zero-order valence-electron chi connectivity index (χ0n) is 16.8. The van der Waals surface area contributed by atoms with Crippen molar-refractivity contribution in [2.24, 2.45) is 5.41 Å². The molecule has 1 aromatic heterocycles. The average Bonchev–Trinajstić information content (AvgIpc) is 2.60. The van der Waals surface area contributed by atoms with E-state index < -0.39 is 0 Å². The summed E-state index contributed by atoms with van der Waals surface area (Å²) >= 11 is 0. The summed E-state index contributed by atoms with van der Waals surface area (Å²) in [6, 6.07) is 0. The molecule has 1 aromatic rings. The molecular formula is C19H31N3O4. The van der Waals surface area contributed by atoms with Gasteiger partial charge in [0.05, 0.1) is 25.9 Å². The van der Waals surface area contributed by atoms with Gasteiger partial charge in [-0.2, -0.15) is 9.97 Å². The van der Waals surface area contributed by atoms with Crippen molar-refractivity contribution in [1.82, 2.24) is 9.97 Å². The van der Waals surface area contributed by atoms with Crippen molar-refractivity contribution in [3.05, 3.63) is 5.56 Å². The van der Waals surface area contributed by atoms with Crippen LogP contribution < -0.4 is 14.4 Å². The van der Waals surface area contributed by atoms with Crippen molar-refractivity contribution in [1.29, 1.82) is 0 Å². The Bertz CT molecular complexity index is 595. The van der Waals surface area contributed by atoms with Crippen LogP contribution in [0.2, 0.25) is 0 Å². The van der Waals surface area contributed by atoms with E-state index in [-0.39, 0.29) is 23.7 Å². The lowest BCUT2D eigenvalue weighted by Crippen LogP contribution is -2.37. The highest BCUT2D eigenvalue weighted by Crippen LogP contribution is 2.31. The van der Waals surface area contributed by atoms with Gasteiger partial charge in [0, 0.05) is 33.0 Å². The van der Waals surface area contributed by atoms with Crippen LogP contribution in [0.3, 0.4) is 0 Å². The molecule has 1 aliphatic heterocycles. The van der Waals surface area contributed by atoms with Crippen LogP contribution in [-0.2, 0) is 16.0 Å². The van der Waals surface area contributed by atoms with Gasteiger partial charge in [-0.25, -0.2) is 0 Å². The van der Waals surface area contributed by atoms with Crippen molar-refractivity contribution in [3.8, 4) is 11.8 Å². The van der Waals surface area contributed by atoms with E-state index in [4.69, 9.17) is 14.2 Å². The predicted octanol–water partition coefficient (Wildman–Crippen LogP) is 2.66. The van der Waals surface area contributed by atoms with Gasteiger partial charge in [-0.05, 0) is 18.3 Å². The molecule has 26 heavy (non-hydrogen) atoms. The van der Waals surface area contributed by atoms with Crippen molar-refractivity contribution < 1.29 is 19.0 Å². The van der Waals surface area contributed by atoms with E-state index in [9.17, 15) is 4.79 Å². The molecular weight excluding hydrogens is 334 g/mol. The minimum absolute atomic E-state index is 0.0654. The molecule has 7 nitrogen and oxygen atoms in total. The Morgan fingerprint density at radius 1 is 1.08 bits per heavy atom. The van der Waals surface area contributed by atoms with E-state index in [0.717, 1.165) is 25.9 Å². The fourth-order valence-electron chi connectivity index (χ4n) is 3.21. The smallest absolute Gasteiger partial charge is 0.231 e. The zero-order valence-corrected chi connectivity index (χ0v) is 16.8. The Kier molecular flexibility index (Phi) is 6.81. The third kappa shape index (κ3) is 5.30. The summed E-state index contributed by atoms with van der Waals surface area (Å²) in [5.41, 5.74) is 0.545. The molecule has 0 radical (unpaired) electrons. The van der Waals surface area contributed by atoms with Gasteiger partial charge >= 0.3 is 0 Å². The second kappa shape index (κ2) is 8.66. The average molecular weight is 365 g/mol. The van der Waals surface area contributed by atoms with Gasteiger partial charge < -0.3 is 19.1 Å². The predicted molar refractivity (Wildman–Crippen MR) is 100 cm³/mol. The highest BCUT2D eigenvalue weighted by atomic mass is 16.5. The van der Waals surface area contributed by atoms with E-state index in [1.165, 1.54) is 0 Å². The number of hydrogen-bond acceptors (Lipinski definition) is 7. The summed E-state index contributed by atoms with van der Waals surface area (Å²) in [5.74, 6) is 1.50. The first-order valence-corrected chi connectivity index (χ1v) is 9.05. The van der Waals surface area contributed by atoms with E-state index >= 15 is 0 Å². The van der Waals surface area contributed by atoms with Crippen molar-refractivity contribution in [2.45, 2.75) is 52.6 Å². The molecule has 146 valence electrons. The fourth-order valence-corrected chi connectivity index (χ4v) is 3.21. The summed E-state index contributed by atoms with van der Waals surface area (Å²) in [6.45, 7) is 7.76. The van der Waals surface area contributed by atoms with Crippen molar-refractivity contribution >= 4 is 11.7 Å². The van der Waals surface area contributed by atoms with Gasteiger partial charge in [0.15, 0.2) is 0 Å². The molecule has 0 aliphatic carbocycles. The van der Waals surface area contributed by atoms with Crippen molar-refractivity contribution in [3.63, 3.8) is 0 Å². The number of ketones is 1. The van der Waals surface area contributed by atoms with Crippen molar-refractivity contribution in [2.75, 3.05) is 39.3 Å². The molecule has 0 unspecified atom stereocenters. The third-order valence-corrected chi connectivity index (χ3v) is 4.47. The number of carbonyl (C=O) groups excluding carboxylic acids is 1. The highest BCUT2D eigenvalue weighted by Gasteiger charge is 2.26. The first kappa shape index (κ1) is 20.4. The third-order valence-electron chi connectivity index (χ3n) is 4.47. The second-order valence-electron chi connectivity index (χ2n) is 7.90. The molecule has 0 aromatic carbocycles. The Morgan fingerprint density at radius 3 is 2.04 bits per heavy atom. The minimum Gasteiger partial charge on any atom is -0.481 e. The van der Waals surface area contributed by atoms with E-state index in [1.807, 2.05) is 20.8 Å². The zero-order chi connectivity index (χ0) is 19.3. The number of piperidine rings is 1. The Balaban J connectivity index is 2.23. The van der Waals surface area contributed by atoms with Crippen LogP contribution in [0.4, 0.5) is 5.95 Å². The lowest BCUT2D eigenvalue weighted by molar-refractivity contribution is -0.120. The van der Waals surface area contributed by atoms with Crippen LogP contribution >= 0.6 is 0 Å². The van der Waals surface area contributed by atoms with Crippen LogP contribution in [-0.4, -0.2) is 56.3 Å². The van der Waals surface area contributed by atoms with E-state index in [0.29, 0.717) is 29.7 Å². The van der Waals surface area contributed by atoms with Crippen LogP contribution in [0.15, 0.2) is 0 Å². The summed E-state index contributed by atoms with van der Waals surface area (Å²) in [7, 11) is 4.85. The largest absolute Gasteiger partial charge is 0.481 e. The number of anilines is 1. The Labute approximate surface area is 156 Å². The standard InChI is InChI=1S/C19H31N3O4/c1-19(2,3)12-13(23)11-15-16(25-5)20-18(21-17(15)26-6)22-9-7-14(24-4)8-10-22/h14H,7-12H2,1-6H3. The van der Waals surface area contributed by atoms with Crippen LogP contribution in [0.25, 0.3) is 0 Å². The Hall–Kier alpha value is -1.89. The first-order valence-electron chi connectivity index (χ1n) is 9.05. The first-order chi connectivity index (χ1) is 12.3.